The quantitative estimate of drug-likeness (QED) is 0.436. The molecule has 0 bridgehead atoms. The molecule has 0 aromatic carbocycles. The Bertz CT molecular complexity index is 608. The van der Waals surface area contributed by atoms with Crippen LogP contribution in [-0.2, 0) is 0 Å². The van der Waals surface area contributed by atoms with E-state index in [1.54, 1.807) is 0 Å². The van der Waals surface area contributed by atoms with E-state index in [4.69, 9.17) is 5.84 Å². The van der Waals surface area contributed by atoms with Crippen molar-refractivity contribution in [2.24, 2.45) is 5.84 Å². The Labute approximate surface area is 112 Å². The van der Waals surface area contributed by atoms with Crippen LogP contribution in [0.5, 0.6) is 0 Å². The van der Waals surface area contributed by atoms with Crippen LogP contribution >= 0.6 is 11.3 Å². The highest BCUT2D eigenvalue weighted by atomic mass is 32.1. The van der Waals surface area contributed by atoms with Crippen LogP contribution in [0.15, 0.2) is 6.33 Å². The molecule has 0 unspecified atom stereocenters. The maximum absolute atomic E-state index is 11.0. The second kappa shape index (κ2) is 5.12. The number of nitro groups is 1. The molecule has 0 amide bonds. The van der Waals surface area contributed by atoms with Gasteiger partial charge in [-0.1, -0.05) is 0 Å². The predicted octanol–water partition coefficient (Wildman–Crippen LogP) is 1.49. The first kappa shape index (κ1) is 13.1. The molecule has 0 saturated carbocycles. The summed E-state index contributed by atoms with van der Waals surface area (Å²) < 4.78 is 0. The fraction of sp³-hybridized carbons (Fsp3) is 0.222. The zero-order valence-corrected chi connectivity index (χ0v) is 11.0. The number of anilines is 3. The summed E-state index contributed by atoms with van der Waals surface area (Å²) in [6, 6.07) is 0. The third-order valence-corrected chi connectivity index (χ3v) is 3.38. The van der Waals surface area contributed by atoms with Gasteiger partial charge in [0.25, 0.3) is 0 Å². The molecule has 100 valence electrons. The number of nitrogen functional groups attached to an aromatic ring is 1. The molecule has 9 nitrogen and oxygen atoms in total. The van der Waals surface area contributed by atoms with Gasteiger partial charge in [0.15, 0.2) is 5.13 Å². The number of aromatic nitrogens is 3. The zero-order chi connectivity index (χ0) is 14.0. The zero-order valence-electron chi connectivity index (χ0n) is 10.2. The van der Waals surface area contributed by atoms with Gasteiger partial charge in [-0.2, -0.15) is 0 Å². The van der Waals surface area contributed by atoms with Gasteiger partial charge in [0.1, 0.15) is 6.33 Å². The molecule has 0 fully saturated rings. The van der Waals surface area contributed by atoms with Crippen molar-refractivity contribution in [1.29, 1.82) is 0 Å². The van der Waals surface area contributed by atoms with Gasteiger partial charge in [0, 0.05) is 4.88 Å². The SMILES string of the molecule is Cc1nc(Nc2ncnc(NN)c2[N+](=O)[O-])sc1C. The van der Waals surface area contributed by atoms with Crippen LogP contribution in [0.3, 0.4) is 0 Å². The summed E-state index contributed by atoms with van der Waals surface area (Å²) in [5.74, 6) is 5.17. The molecular weight excluding hydrogens is 270 g/mol. The number of hydrogen-bond donors (Lipinski definition) is 3. The van der Waals surface area contributed by atoms with E-state index < -0.39 is 4.92 Å². The van der Waals surface area contributed by atoms with Gasteiger partial charge in [0.05, 0.1) is 10.6 Å². The Balaban J connectivity index is 2.42. The fourth-order valence-corrected chi connectivity index (χ4v) is 2.19. The normalized spacial score (nSPS) is 10.3. The van der Waals surface area contributed by atoms with Gasteiger partial charge < -0.3 is 10.7 Å². The summed E-state index contributed by atoms with van der Waals surface area (Å²) in [7, 11) is 0. The van der Waals surface area contributed by atoms with E-state index in [-0.39, 0.29) is 17.3 Å². The number of hydrazine groups is 1. The van der Waals surface area contributed by atoms with Crippen LogP contribution in [-0.4, -0.2) is 19.9 Å². The number of nitrogens with zero attached hydrogens (tertiary/aromatic N) is 4. The van der Waals surface area contributed by atoms with E-state index >= 15 is 0 Å². The molecule has 10 heteroatoms. The average molecular weight is 281 g/mol. The van der Waals surface area contributed by atoms with Crippen LogP contribution in [0.2, 0.25) is 0 Å². The first-order valence-corrected chi connectivity index (χ1v) is 6.01. The maximum atomic E-state index is 11.0. The lowest BCUT2D eigenvalue weighted by Crippen LogP contribution is -2.12. The van der Waals surface area contributed by atoms with Crippen molar-refractivity contribution in [3.63, 3.8) is 0 Å². The Hall–Kier alpha value is -2.33. The number of aryl methyl sites for hydroxylation is 2. The van der Waals surface area contributed by atoms with E-state index in [1.807, 2.05) is 13.8 Å². The topological polar surface area (TPSA) is 132 Å². The van der Waals surface area contributed by atoms with E-state index in [9.17, 15) is 10.1 Å². The third kappa shape index (κ3) is 2.58. The number of nitrogens with one attached hydrogen (secondary N) is 2. The van der Waals surface area contributed by atoms with Crippen LogP contribution in [0.1, 0.15) is 10.6 Å². The highest BCUT2D eigenvalue weighted by molar-refractivity contribution is 7.15. The summed E-state index contributed by atoms with van der Waals surface area (Å²) >= 11 is 1.39. The molecule has 2 aromatic heterocycles. The molecule has 0 spiro atoms. The van der Waals surface area contributed by atoms with E-state index in [0.717, 1.165) is 10.6 Å². The standard InChI is InChI=1S/C9H11N7O2S/c1-4-5(2)19-9(13-4)14-7-6(16(17)18)8(15-10)12-3-11-7/h3H,10H2,1-2H3,(H2,11,12,13,14,15). The summed E-state index contributed by atoms with van der Waals surface area (Å²) in [6.45, 7) is 3.78. The molecule has 0 aliphatic carbocycles. The Morgan fingerprint density at radius 1 is 1.37 bits per heavy atom. The molecule has 2 rings (SSSR count). The van der Waals surface area contributed by atoms with Gasteiger partial charge in [-0.3, -0.25) is 10.1 Å². The summed E-state index contributed by atoms with van der Waals surface area (Å²) in [5.41, 5.74) is 2.71. The van der Waals surface area contributed by atoms with Crippen molar-refractivity contribution in [3.05, 3.63) is 27.0 Å². The molecular formula is C9H11N7O2S. The van der Waals surface area contributed by atoms with Gasteiger partial charge in [-0.05, 0) is 13.8 Å². The monoisotopic (exact) mass is 281 g/mol. The van der Waals surface area contributed by atoms with Crippen molar-refractivity contribution in [2.45, 2.75) is 13.8 Å². The van der Waals surface area contributed by atoms with E-state index in [0.29, 0.717) is 5.13 Å². The molecule has 19 heavy (non-hydrogen) atoms. The first-order chi connectivity index (χ1) is 9.02. The van der Waals surface area contributed by atoms with Gasteiger partial charge in [-0.25, -0.2) is 20.8 Å². The first-order valence-electron chi connectivity index (χ1n) is 5.20. The molecule has 0 aliphatic rings. The van der Waals surface area contributed by atoms with E-state index in [2.05, 4.69) is 25.7 Å². The second-order valence-electron chi connectivity index (χ2n) is 3.61. The minimum atomic E-state index is -0.606. The highest BCUT2D eigenvalue weighted by Crippen LogP contribution is 2.32. The molecule has 0 radical (unpaired) electrons. The van der Waals surface area contributed by atoms with Gasteiger partial charge in [0.2, 0.25) is 11.6 Å². The predicted molar refractivity (Wildman–Crippen MR) is 71.4 cm³/mol. The van der Waals surface area contributed by atoms with Gasteiger partial charge >= 0.3 is 5.69 Å². The van der Waals surface area contributed by atoms with Crippen molar-refractivity contribution >= 4 is 33.8 Å². The lowest BCUT2D eigenvalue weighted by atomic mass is 10.4. The molecule has 2 aromatic rings. The smallest absolute Gasteiger partial charge is 0.310 e. The Kier molecular flexibility index (Phi) is 3.53. The Morgan fingerprint density at radius 3 is 2.58 bits per heavy atom. The van der Waals surface area contributed by atoms with Crippen LogP contribution < -0.4 is 16.6 Å². The average Bonchev–Trinajstić information content (AvgIpc) is 2.67. The fourth-order valence-electron chi connectivity index (χ4n) is 1.38. The maximum Gasteiger partial charge on any atom is 0.354 e. The van der Waals surface area contributed by atoms with Crippen molar-refractivity contribution in [3.8, 4) is 0 Å². The third-order valence-electron chi connectivity index (χ3n) is 2.40. The van der Waals surface area contributed by atoms with E-state index in [1.165, 1.54) is 17.7 Å². The molecule has 0 atom stereocenters. The van der Waals surface area contributed by atoms with Crippen LogP contribution in [0, 0.1) is 24.0 Å². The number of nitrogens with two attached hydrogens (primary N) is 1. The lowest BCUT2D eigenvalue weighted by Gasteiger charge is -2.05. The molecule has 2 heterocycles. The van der Waals surface area contributed by atoms with Crippen molar-refractivity contribution in [2.75, 3.05) is 10.7 Å². The highest BCUT2D eigenvalue weighted by Gasteiger charge is 2.23. The summed E-state index contributed by atoms with van der Waals surface area (Å²) in [6.07, 6.45) is 1.18. The van der Waals surface area contributed by atoms with Crippen molar-refractivity contribution in [1.82, 2.24) is 15.0 Å². The largest absolute Gasteiger partial charge is 0.354 e. The molecule has 4 N–H and O–H groups in total. The molecule has 0 aliphatic heterocycles. The summed E-state index contributed by atoms with van der Waals surface area (Å²) in [4.78, 5) is 23.2. The second-order valence-corrected chi connectivity index (χ2v) is 4.81. The molecule has 0 saturated heterocycles. The van der Waals surface area contributed by atoms with Crippen LogP contribution in [0.4, 0.5) is 22.5 Å². The summed E-state index contributed by atoms with van der Waals surface area (Å²) in [5, 5.41) is 14.4. The minimum Gasteiger partial charge on any atom is -0.310 e. The number of hydrogen-bond acceptors (Lipinski definition) is 9. The Morgan fingerprint density at radius 2 is 2.05 bits per heavy atom. The minimum absolute atomic E-state index is 0.0432. The lowest BCUT2D eigenvalue weighted by molar-refractivity contribution is -0.383. The van der Waals surface area contributed by atoms with Crippen molar-refractivity contribution < 1.29 is 4.92 Å². The number of rotatable bonds is 4. The van der Waals surface area contributed by atoms with Crippen LogP contribution in [0.25, 0.3) is 0 Å². The van der Waals surface area contributed by atoms with Gasteiger partial charge in [-0.15, -0.1) is 11.3 Å². The number of thiazole rings is 1.